The minimum absolute atomic E-state index is 0.0837. The van der Waals surface area contributed by atoms with E-state index in [2.05, 4.69) is 22.6 Å². The van der Waals surface area contributed by atoms with Crippen molar-refractivity contribution in [2.75, 3.05) is 0 Å². The summed E-state index contributed by atoms with van der Waals surface area (Å²) in [5.41, 5.74) is 0.884. The van der Waals surface area contributed by atoms with Crippen LogP contribution in [0.1, 0.15) is 0 Å². The standard InChI is InChI=1S/C6H7BINO/c1-9-3-4(8)2-5(7)6(9)10/h2-3H,7H2,1H3. The van der Waals surface area contributed by atoms with E-state index in [0.717, 1.165) is 9.03 Å². The zero-order chi connectivity index (χ0) is 7.72. The SMILES string of the molecule is Bc1cc(I)cn(C)c1=O. The Morgan fingerprint density at radius 2 is 2.30 bits per heavy atom. The molecule has 2 nitrogen and oxygen atoms in total. The van der Waals surface area contributed by atoms with Crippen LogP contribution in [-0.4, -0.2) is 12.4 Å². The van der Waals surface area contributed by atoms with E-state index in [4.69, 9.17) is 0 Å². The van der Waals surface area contributed by atoms with Crippen molar-refractivity contribution < 1.29 is 0 Å². The third-order valence-corrected chi connectivity index (χ3v) is 1.92. The van der Waals surface area contributed by atoms with Crippen molar-refractivity contribution in [2.24, 2.45) is 7.05 Å². The van der Waals surface area contributed by atoms with Gasteiger partial charge in [0, 0.05) is 16.8 Å². The van der Waals surface area contributed by atoms with Crippen molar-refractivity contribution >= 4 is 35.9 Å². The van der Waals surface area contributed by atoms with E-state index in [0.29, 0.717) is 0 Å². The quantitative estimate of drug-likeness (QED) is 0.436. The Bertz CT molecular complexity index is 281. The van der Waals surface area contributed by atoms with Gasteiger partial charge in [0.15, 0.2) is 0 Å². The fraction of sp³-hybridized carbons (Fsp3) is 0.167. The van der Waals surface area contributed by atoms with E-state index >= 15 is 0 Å². The van der Waals surface area contributed by atoms with Gasteiger partial charge in [0.1, 0.15) is 7.85 Å². The molecule has 0 saturated heterocycles. The van der Waals surface area contributed by atoms with E-state index in [1.165, 1.54) is 0 Å². The molecule has 52 valence electrons. The lowest BCUT2D eigenvalue weighted by Gasteiger charge is -1.98. The molecule has 0 spiro atoms. The Hall–Kier alpha value is -0.255. The molecule has 0 aliphatic heterocycles. The molecule has 0 amide bonds. The molecule has 0 fully saturated rings. The lowest BCUT2D eigenvalue weighted by Crippen LogP contribution is -2.32. The number of pyridine rings is 1. The monoisotopic (exact) mass is 247 g/mol. The molecule has 1 heterocycles. The Morgan fingerprint density at radius 1 is 1.70 bits per heavy atom. The summed E-state index contributed by atoms with van der Waals surface area (Å²) in [6.45, 7) is 0. The topological polar surface area (TPSA) is 22.0 Å². The molecule has 1 aromatic heterocycles. The minimum atomic E-state index is 0.0837. The van der Waals surface area contributed by atoms with Crippen molar-refractivity contribution in [1.29, 1.82) is 0 Å². The third-order valence-electron chi connectivity index (χ3n) is 1.33. The molecule has 0 bridgehead atoms. The first kappa shape index (κ1) is 7.85. The van der Waals surface area contributed by atoms with Gasteiger partial charge in [-0.3, -0.25) is 4.79 Å². The van der Waals surface area contributed by atoms with Gasteiger partial charge >= 0.3 is 0 Å². The highest BCUT2D eigenvalue weighted by molar-refractivity contribution is 14.1. The lowest BCUT2D eigenvalue weighted by atomic mass is 9.99. The first-order valence-electron chi connectivity index (χ1n) is 2.94. The van der Waals surface area contributed by atoms with Gasteiger partial charge in [-0.15, -0.1) is 0 Å². The fourth-order valence-electron chi connectivity index (χ4n) is 0.828. The molecular formula is C6H7BINO. The molecule has 10 heavy (non-hydrogen) atoms. The highest BCUT2D eigenvalue weighted by Gasteiger charge is 1.95. The second-order valence-corrected chi connectivity index (χ2v) is 3.50. The zero-order valence-electron chi connectivity index (χ0n) is 5.89. The molecule has 1 rings (SSSR count). The first-order chi connectivity index (χ1) is 4.61. The Kier molecular flexibility index (Phi) is 2.18. The van der Waals surface area contributed by atoms with E-state index in [1.54, 1.807) is 11.6 Å². The highest BCUT2D eigenvalue weighted by Crippen LogP contribution is 1.96. The number of hydrogen-bond acceptors (Lipinski definition) is 1. The summed E-state index contributed by atoms with van der Waals surface area (Å²) in [4.78, 5) is 11.1. The normalized spacial score (nSPS) is 9.80. The molecule has 0 radical (unpaired) electrons. The molecule has 0 N–H and O–H groups in total. The molecule has 1 aromatic rings. The van der Waals surface area contributed by atoms with Gasteiger partial charge in [-0.2, -0.15) is 0 Å². The van der Waals surface area contributed by atoms with Gasteiger partial charge < -0.3 is 4.57 Å². The van der Waals surface area contributed by atoms with Gasteiger partial charge in [-0.05, 0) is 34.1 Å². The Balaban J connectivity index is 3.46. The molecule has 0 atom stereocenters. The number of aromatic nitrogens is 1. The average Bonchev–Trinajstić information content (AvgIpc) is 1.82. The average molecular weight is 247 g/mol. The Labute approximate surface area is 73.8 Å². The number of halogens is 1. The molecule has 0 saturated carbocycles. The van der Waals surface area contributed by atoms with Gasteiger partial charge in [0.05, 0.1) is 0 Å². The van der Waals surface area contributed by atoms with Crippen LogP contribution in [0.2, 0.25) is 0 Å². The van der Waals surface area contributed by atoms with Crippen LogP contribution in [0.15, 0.2) is 17.1 Å². The van der Waals surface area contributed by atoms with Gasteiger partial charge in [0.2, 0.25) is 5.56 Å². The predicted octanol–water partition coefficient (Wildman–Crippen LogP) is -0.752. The van der Waals surface area contributed by atoms with Gasteiger partial charge in [-0.1, -0.05) is 0 Å². The smallest absolute Gasteiger partial charge is 0.243 e. The van der Waals surface area contributed by atoms with E-state index in [1.807, 2.05) is 20.1 Å². The summed E-state index contributed by atoms with van der Waals surface area (Å²) >= 11 is 2.19. The Morgan fingerprint density at radius 3 is 2.80 bits per heavy atom. The van der Waals surface area contributed by atoms with E-state index < -0.39 is 0 Å². The van der Waals surface area contributed by atoms with E-state index in [9.17, 15) is 4.79 Å². The largest absolute Gasteiger partial charge is 0.318 e. The maximum Gasteiger partial charge on any atom is 0.243 e. The summed E-state index contributed by atoms with van der Waals surface area (Å²) < 4.78 is 2.69. The summed E-state index contributed by atoms with van der Waals surface area (Å²) in [7, 11) is 3.59. The van der Waals surface area contributed by atoms with Crippen LogP contribution in [0.25, 0.3) is 0 Å². The zero-order valence-corrected chi connectivity index (χ0v) is 8.05. The van der Waals surface area contributed by atoms with Crippen LogP contribution >= 0.6 is 22.6 Å². The van der Waals surface area contributed by atoms with Gasteiger partial charge in [-0.25, -0.2) is 0 Å². The van der Waals surface area contributed by atoms with Crippen molar-refractivity contribution in [3.8, 4) is 0 Å². The van der Waals surface area contributed by atoms with Crippen molar-refractivity contribution in [3.05, 3.63) is 26.2 Å². The van der Waals surface area contributed by atoms with Crippen LogP contribution in [0.3, 0.4) is 0 Å². The van der Waals surface area contributed by atoms with Crippen LogP contribution in [0, 0.1) is 3.57 Å². The van der Waals surface area contributed by atoms with Crippen LogP contribution in [0.4, 0.5) is 0 Å². The minimum Gasteiger partial charge on any atom is -0.318 e. The molecule has 0 unspecified atom stereocenters. The van der Waals surface area contributed by atoms with Crippen molar-refractivity contribution in [3.63, 3.8) is 0 Å². The second-order valence-electron chi connectivity index (χ2n) is 2.26. The molecule has 0 aromatic carbocycles. The fourth-order valence-corrected chi connectivity index (χ4v) is 1.71. The number of rotatable bonds is 0. The lowest BCUT2D eigenvalue weighted by molar-refractivity contribution is 0.863. The summed E-state index contributed by atoms with van der Waals surface area (Å²) in [6, 6.07) is 1.88. The molecular weight excluding hydrogens is 240 g/mol. The molecule has 0 aliphatic carbocycles. The molecule has 4 heteroatoms. The number of aryl methyl sites for hydroxylation is 1. The summed E-state index contributed by atoms with van der Waals surface area (Å²) in [5.74, 6) is 0. The van der Waals surface area contributed by atoms with Crippen LogP contribution in [0.5, 0.6) is 0 Å². The highest BCUT2D eigenvalue weighted by atomic mass is 127. The number of nitrogens with zero attached hydrogens (tertiary/aromatic N) is 1. The summed E-state index contributed by atoms with van der Waals surface area (Å²) in [6.07, 6.45) is 1.82. The van der Waals surface area contributed by atoms with Crippen molar-refractivity contribution in [1.82, 2.24) is 4.57 Å². The predicted molar refractivity (Wildman–Crippen MR) is 52.6 cm³/mol. The van der Waals surface area contributed by atoms with Crippen LogP contribution in [-0.2, 0) is 7.05 Å². The van der Waals surface area contributed by atoms with E-state index in [-0.39, 0.29) is 5.56 Å². The molecule has 0 aliphatic rings. The second kappa shape index (κ2) is 2.78. The van der Waals surface area contributed by atoms with Gasteiger partial charge in [0.25, 0.3) is 0 Å². The maximum atomic E-state index is 11.1. The number of hydrogen-bond donors (Lipinski definition) is 0. The van der Waals surface area contributed by atoms with Crippen molar-refractivity contribution in [2.45, 2.75) is 0 Å². The maximum absolute atomic E-state index is 11.1. The summed E-state index contributed by atoms with van der Waals surface area (Å²) in [5, 5.41) is 0. The first-order valence-corrected chi connectivity index (χ1v) is 4.02. The third kappa shape index (κ3) is 1.42. The van der Waals surface area contributed by atoms with Crippen LogP contribution < -0.4 is 11.0 Å².